The largest absolute Gasteiger partial charge is 0.394 e. The summed E-state index contributed by atoms with van der Waals surface area (Å²) in [5.41, 5.74) is 1.24. The summed E-state index contributed by atoms with van der Waals surface area (Å²) in [5.74, 6) is 0. The predicted octanol–water partition coefficient (Wildman–Crippen LogP) is -1.04. The minimum absolute atomic E-state index is 0.148. The third-order valence-electron chi connectivity index (χ3n) is 4.11. The van der Waals surface area contributed by atoms with E-state index in [2.05, 4.69) is 20.2 Å². The molecule has 0 spiro atoms. The predicted molar refractivity (Wildman–Crippen MR) is 72.8 cm³/mol. The molecule has 19 heavy (non-hydrogen) atoms. The van der Waals surface area contributed by atoms with Gasteiger partial charge in [-0.1, -0.05) is 0 Å². The number of hydrogen-bond acceptors (Lipinski definition) is 5. The van der Waals surface area contributed by atoms with E-state index in [4.69, 9.17) is 5.11 Å². The monoisotopic (exact) mass is 265 g/mol. The van der Waals surface area contributed by atoms with Gasteiger partial charge < -0.3 is 10.4 Å². The van der Waals surface area contributed by atoms with Gasteiger partial charge in [-0.15, -0.1) is 0 Å². The molecule has 2 saturated heterocycles. The zero-order valence-corrected chi connectivity index (χ0v) is 11.3. The van der Waals surface area contributed by atoms with Crippen molar-refractivity contribution in [3.05, 3.63) is 18.0 Å². The van der Waals surface area contributed by atoms with E-state index in [1.807, 2.05) is 17.1 Å². The molecule has 2 N–H and O–H groups in total. The lowest BCUT2D eigenvalue weighted by Crippen LogP contribution is -2.61. The molecule has 0 atom stereocenters. The number of aromatic nitrogens is 2. The van der Waals surface area contributed by atoms with Crippen molar-refractivity contribution in [1.82, 2.24) is 24.9 Å². The van der Waals surface area contributed by atoms with Gasteiger partial charge in [0.25, 0.3) is 0 Å². The molecular weight excluding hydrogens is 242 g/mol. The van der Waals surface area contributed by atoms with Crippen LogP contribution in [0.4, 0.5) is 0 Å². The second kappa shape index (κ2) is 6.00. The van der Waals surface area contributed by atoms with Gasteiger partial charge in [0, 0.05) is 63.6 Å². The van der Waals surface area contributed by atoms with E-state index >= 15 is 0 Å². The molecule has 3 heterocycles. The van der Waals surface area contributed by atoms with Crippen LogP contribution in [0.2, 0.25) is 0 Å². The van der Waals surface area contributed by atoms with E-state index in [1.54, 1.807) is 0 Å². The first kappa shape index (κ1) is 13.1. The summed E-state index contributed by atoms with van der Waals surface area (Å²) in [6, 6.07) is 0.773. The van der Waals surface area contributed by atoms with Crippen LogP contribution in [-0.4, -0.2) is 76.6 Å². The van der Waals surface area contributed by atoms with Gasteiger partial charge >= 0.3 is 0 Å². The molecule has 2 aliphatic heterocycles. The van der Waals surface area contributed by atoms with Crippen molar-refractivity contribution in [1.29, 1.82) is 0 Å². The molecule has 0 saturated carbocycles. The lowest BCUT2D eigenvalue weighted by Gasteiger charge is -2.43. The van der Waals surface area contributed by atoms with Gasteiger partial charge in [0.1, 0.15) is 0 Å². The Morgan fingerprint density at radius 2 is 2.05 bits per heavy atom. The summed E-state index contributed by atoms with van der Waals surface area (Å²) < 4.78 is 1.81. The Kier molecular flexibility index (Phi) is 4.12. The zero-order chi connectivity index (χ0) is 13.1. The van der Waals surface area contributed by atoms with Crippen molar-refractivity contribution >= 4 is 0 Å². The number of hydrogen-bond donors (Lipinski definition) is 2. The molecule has 0 aromatic carbocycles. The first-order chi connectivity index (χ1) is 9.35. The van der Waals surface area contributed by atoms with Gasteiger partial charge in [0.05, 0.1) is 19.3 Å². The molecule has 2 aliphatic rings. The Balaban J connectivity index is 1.45. The number of nitrogens with zero attached hydrogens (tertiary/aromatic N) is 4. The Morgan fingerprint density at radius 3 is 2.68 bits per heavy atom. The molecule has 0 bridgehead atoms. The maximum Gasteiger partial charge on any atom is 0.0640 e. The third kappa shape index (κ3) is 3.14. The summed E-state index contributed by atoms with van der Waals surface area (Å²) in [6.45, 7) is 8.67. The van der Waals surface area contributed by atoms with Crippen LogP contribution in [0.5, 0.6) is 0 Å². The molecule has 0 radical (unpaired) electrons. The fourth-order valence-electron chi connectivity index (χ4n) is 2.79. The average Bonchev–Trinajstić information content (AvgIpc) is 2.78. The van der Waals surface area contributed by atoms with Gasteiger partial charge in [0.2, 0.25) is 0 Å². The summed E-state index contributed by atoms with van der Waals surface area (Å²) in [7, 11) is 0. The van der Waals surface area contributed by atoms with Gasteiger partial charge in [-0.25, -0.2) is 0 Å². The van der Waals surface area contributed by atoms with E-state index in [1.165, 1.54) is 18.7 Å². The number of rotatable bonds is 5. The summed E-state index contributed by atoms with van der Waals surface area (Å²) >= 11 is 0. The Labute approximate surface area is 114 Å². The fourth-order valence-corrected chi connectivity index (χ4v) is 2.79. The van der Waals surface area contributed by atoms with Crippen molar-refractivity contribution in [3.8, 4) is 0 Å². The molecular formula is C13H23N5O. The van der Waals surface area contributed by atoms with Crippen LogP contribution in [0, 0.1) is 0 Å². The highest BCUT2D eigenvalue weighted by molar-refractivity contribution is 5.04. The van der Waals surface area contributed by atoms with Crippen LogP contribution in [-0.2, 0) is 13.1 Å². The zero-order valence-electron chi connectivity index (χ0n) is 11.3. The quantitative estimate of drug-likeness (QED) is 0.713. The smallest absolute Gasteiger partial charge is 0.0640 e. The van der Waals surface area contributed by atoms with Crippen LogP contribution >= 0.6 is 0 Å². The van der Waals surface area contributed by atoms with E-state index in [-0.39, 0.29) is 6.61 Å². The molecule has 6 nitrogen and oxygen atoms in total. The van der Waals surface area contributed by atoms with Crippen LogP contribution in [0.1, 0.15) is 5.56 Å². The highest BCUT2D eigenvalue weighted by Gasteiger charge is 2.27. The molecule has 0 amide bonds. The van der Waals surface area contributed by atoms with E-state index in [0.717, 1.165) is 38.8 Å². The van der Waals surface area contributed by atoms with Gasteiger partial charge in [-0.2, -0.15) is 5.10 Å². The van der Waals surface area contributed by atoms with Gasteiger partial charge in [-0.3, -0.25) is 14.5 Å². The summed E-state index contributed by atoms with van der Waals surface area (Å²) in [6.07, 6.45) is 3.95. The second-order valence-corrected chi connectivity index (χ2v) is 5.46. The molecule has 106 valence electrons. The van der Waals surface area contributed by atoms with E-state index in [9.17, 15) is 0 Å². The minimum Gasteiger partial charge on any atom is -0.394 e. The lowest BCUT2D eigenvalue weighted by molar-refractivity contribution is 0.0695. The van der Waals surface area contributed by atoms with Crippen LogP contribution < -0.4 is 5.32 Å². The third-order valence-corrected chi connectivity index (χ3v) is 4.11. The number of aliphatic hydroxyl groups is 1. The van der Waals surface area contributed by atoms with Crippen molar-refractivity contribution in [3.63, 3.8) is 0 Å². The normalized spacial score (nSPS) is 22.6. The molecule has 1 aromatic heterocycles. The highest BCUT2D eigenvalue weighted by atomic mass is 16.3. The lowest BCUT2D eigenvalue weighted by atomic mass is 10.1. The number of aliphatic hydroxyl groups excluding tert-OH is 1. The molecule has 0 unspecified atom stereocenters. The molecule has 1 aromatic rings. The van der Waals surface area contributed by atoms with Crippen LogP contribution in [0.15, 0.2) is 12.4 Å². The Bertz CT molecular complexity index is 395. The maximum absolute atomic E-state index is 8.88. The van der Waals surface area contributed by atoms with E-state index in [0.29, 0.717) is 6.54 Å². The first-order valence-corrected chi connectivity index (χ1v) is 7.14. The highest BCUT2D eigenvalue weighted by Crippen LogP contribution is 2.12. The summed E-state index contributed by atoms with van der Waals surface area (Å²) in [4.78, 5) is 5.09. The Morgan fingerprint density at radius 1 is 1.26 bits per heavy atom. The maximum atomic E-state index is 8.88. The van der Waals surface area contributed by atoms with Crippen LogP contribution in [0.25, 0.3) is 0 Å². The fraction of sp³-hybridized carbons (Fsp3) is 0.769. The van der Waals surface area contributed by atoms with Crippen molar-refractivity contribution in [2.75, 3.05) is 45.9 Å². The standard InChI is InChI=1S/C13H23N5O/c19-6-5-18-11-12(7-15-18)10-16-1-3-17(4-2-16)13-8-14-9-13/h7,11,13-14,19H,1-6,8-10H2. The molecule has 3 rings (SSSR count). The van der Waals surface area contributed by atoms with Crippen molar-refractivity contribution < 1.29 is 5.11 Å². The van der Waals surface area contributed by atoms with Gasteiger partial charge in [0.15, 0.2) is 0 Å². The van der Waals surface area contributed by atoms with Crippen molar-refractivity contribution in [2.24, 2.45) is 0 Å². The SMILES string of the molecule is OCCn1cc(CN2CCN(C3CNC3)CC2)cn1. The topological polar surface area (TPSA) is 56.6 Å². The van der Waals surface area contributed by atoms with Crippen molar-refractivity contribution in [2.45, 2.75) is 19.1 Å². The summed E-state index contributed by atoms with van der Waals surface area (Å²) in [5, 5.41) is 16.5. The first-order valence-electron chi connectivity index (χ1n) is 7.14. The number of piperazine rings is 1. The van der Waals surface area contributed by atoms with Crippen LogP contribution in [0.3, 0.4) is 0 Å². The average molecular weight is 265 g/mol. The molecule has 0 aliphatic carbocycles. The second-order valence-electron chi connectivity index (χ2n) is 5.46. The number of nitrogens with one attached hydrogen (secondary N) is 1. The van der Waals surface area contributed by atoms with Gasteiger partial charge in [-0.05, 0) is 0 Å². The minimum atomic E-state index is 0.148. The molecule has 6 heteroatoms. The molecule has 2 fully saturated rings. The Hall–Kier alpha value is -0.950. The van der Waals surface area contributed by atoms with E-state index < -0.39 is 0 Å².